The quantitative estimate of drug-likeness (QED) is 0.860. The topological polar surface area (TPSA) is 80.9 Å². The molecule has 0 fully saturated rings. The van der Waals surface area contributed by atoms with E-state index in [-0.39, 0.29) is 5.91 Å². The number of aromatic nitrogens is 2. The number of carbonyl (C=O) groups is 1. The average molecular weight is 256 g/mol. The number of rotatable bonds is 4. The van der Waals surface area contributed by atoms with Crippen LogP contribution in [0.3, 0.4) is 0 Å². The van der Waals surface area contributed by atoms with E-state index in [1.54, 1.807) is 18.3 Å². The molecular formula is C14H16N4O. The first-order chi connectivity index (χ1) is 9.19. The summed E-state index contributed by atoms with van der Waals surface area (Å²) in [5.74, 6) is -0.216. The van der Waals surface area contributed by atoms with Crippen molar-refractivity contribution in [1.29, 1.82) is 0 Å². The smallest absolute Gasteiger partial charge is 0.270 e. The maximum absolute atomic E-state index is 11.9. The van der Waals surface area contributed by atoms with Crippen molar-refractivity contribution in [3.63, 3.8) is 0 Å². The van der Waals surface area contributed by atoms with Gasteiger partial charge in [-0.05, 0) is 30.7 Å². The lowest BCUT2D eigenvalue weighted by molar-refractivity contribution is 0.0945. The van der Waals surface area contributed by atoms with E-state index in [1.807, 2.05) is 25.1 Å². The van der Waals surface area contributed by atoms with Crippen LogP contribution >= 0.6 is 0 Å². The van der Waals surface area contributed by atoms with E-state index in [0.29, 0.717) is 18.8 Å². The highest BCUT2D eigenvalue weighted by Gasteiger charge is 2.06. The fourth-order valence-electron chi connectivity index (χ4n) is 1.64. The van der Waals surface area contributed by atoms with Crippen LogP contribution in [0.5, 0.6) is 0 Å². The van der Waals surface area contributed by atoms with E-state index >= 15 is 0 Å². The van der Waals surface area contributed by atoms with E-state index < -0.39 is 0 Å². The molecule has 0 spiro atoms. The Bertz CT molecular complexity index is 566. The van der Waals surface area contributed by atoms with Crippen molar-refractivity contribution in [3.8, 4) is 0 Å². The van der Waals surface area contributed by atoms with Crippen molar-refractivity contribution in [2.24, 2.45) is 5.73 Å². The summed E-state index contributed by atoms with van der Waals surface area (Å²) in [5.41, 5.74) is 8.51. The molecule has 98 valence electrons. The van der Waals surface area contributed by atoms with Crippen LogP contribution in [0.25, 0.3) is 0 Å². The Balaban J connectivity index is 1.97. The number of carbonyl (C=O) groups excluding carboxylic acids is 1. The predicted molar refractivity (Wildman–Crippen MR) is 72.3 cm³/mol. The average Bonchev–Trinajstić information content (AvgIpc) is 2.45. The Hall–Kier alpha value is -2.27. The molecule has 2 rings (SSSR count). The number of amides is 1. The van der Waals surface area contributed by atoms with Crippen LogP contribution in [0, 0.1) is 6.92 Å². The molecule has 0 saturated carbocycles. The first-order valence-electron chi connectivity index (χ1n) is 6.05. The summed E-state index contributed by atoms with van der Waals surface area (Å²) >= 11 is 0. The number of hydrogen-bond acceptors (Lipinski definition) is 4. The maximum atomic E-state index is 11.9. The molecule has 0 aliphatic carbocycles. The highest BCUT2D eigenvalue weighted by Crippen LogP contribution is 2.01. The van der Waals surface area contributed by atoms with Crippen molar-refractivity contribution in [1.82, 2.24) is 15.3 Å². The van der Waals surface area contributed by atoms with Gasteiger partial charge in [0.15, 0.2) is 0 Å². The van der Waals surface area contributed by atoms with E-state index in [2.05, 4.69) is 15.3 Å². The molecule has 1 amide bonds. The van der Waals surface area contributed by atoms with Crippen molar-refractivity contribution in [2.75, 3.05) is 0 Å². The van der Waals surface area contributed by atoms with Crippen molar-refractivity contribution >= 4 is 5.91 Å². The van der Waals surface area contributed by atoms with Crippen LogP contribution in [0.4, 0.5) is 0 Å². The summed E-state index contributed by atoms with van der Waals surface area (Å²) in [7, 11) is 0. The fourth-order valence-corrected chi connectivity index (χ4v) is 1.64. The normalized spacial score (nSPS) is 10.2. The van der Waals surface area contributed by atoms with Crippen molar-refractivity contribution in [3.05, 3.63) is 59.2 Å². The first-order valence-corrected chi connectivity index (χ1v) is 6.05. The number of pyridine rings is 2. The minimum absolute atomic E-state index is 0.216. The first kappa shape index (κ1) is 13.2. The monoisotopic (exact) mass is 256 g/mol. The zero-order valence-electron chi connectivity index (χ0n) is 10.8. The largest absolute Gasteiger partial charge is 0.345 e. The van der Waals surface area contributed by atoms with Crippen molar-refractivity contribution < 1.29 is 4.79 Å². The Kier molecular flexibility index (Phi) is 4.20. The molecule has 0 unspecified atom stereocenters. The molecule has 0 aromatic carbocycles. The standard InChI is InChI=1S/C14H16N4O/c1-10-3-2-4-12(18-10)9-17-14(19)13-6-5-11(7-15)8-16-13/h2-6,8H,7,9,15H2,1H3,(H,17,19). The number of nitrogens with zero attached hydrogens (tertiary/aromatic N) is 2. The lowest BCUT2D eigenvalue weighted by atomic mass is 10.2. The van der Waals surface area contributed by atoms with Crippen LogP contribution in [0.15, 0.2) is 36.5 Å². The molecule has 5 nitrogen and oxygen atoms in total. The molecule has 0 saturated heterocycles. The molecule has 0 aliphatic rings. The molecule has 0 atom stereocenters. The SMILES string of the molecule is Cc1cccc(CNC(=O)c2ccc(CN)cn2)n1. The van der Waals surface area contributed by atoms with Crippen molar-refractivity contribution in [2.45, 2.75) is 20.0 Å². The van der Waals surface area contributed by atoms with Crippen LogP contribution in [-0.4, -0.2) is 15.9 Å². The number of hydrogen-bond donors (Lipinski definition) is 2. The Labute approximate surface area is 111 Å². The molecule has 0 bridgehead atoms. The molecule has 19 heavy (non-hydrogen) atoms. The second-order valence-electron chi connectivity index (χ2n) is 4.21. The molecule has 0 radical (unpaired) electrons. The molecule has 2 aromatic rings. The molecule has 2 heterocycles. The molecular weight excluding hydrogens is 240 g/mol. The van der Waals surface area contributed by atoms with Crippen LogP contribution in [0.2, 0.25) is 0 Å². The van der Waals surface area contributed by atoms with Crippen LogP contribution < -0.4 is 11.1 Å². The van der Waals surface area contributed by atoms with Gasteiger partial charge in [-0.15, -0.1) is 0 Å². The zero-order chi connectivity index (χ0) is 13.7. The number of nitrogens with one attached hydrogen (secondary N) is 1. The Morgan fingerprint density at radius 3 is 2.79 bits per heavy atom. The van der Waals surface area contributed by atoms with Gasteiger partial charge in [-0.3, -0.25) is 14.8 Å². The van der Waals surface area contributed by atoms with Gasteiger partial charge in [0.1, 0.15) is 5.69 Å². The third kappa shape index (κ3) is 3.59. The maximum Gasteiger partial charge on any atom is 0.270 e. The molecule has 0 aliphatic heterocycles. The van der Waals surface area contributed by atoms with Gasteiger partial charge in [0, 0.05) is 18.4 Å². The lowest BCUT2D eigenvalue weighted by Crippen LogP contribution is -2.24. The minimum Gasteiger partial charge on any atom is -0.345 e. The van der Waals surface area contributed by atoms with Gasteiger partial charge in [-0.2, -0.15) is 0 Å². The minimum atomic E-state index is -0.216. The second-order valence-corrected chi connectivity index (χ2v) is 4.21. The summed E-state index contributed by atoms with van der Waals surface area (Å²) in [5, 5.41) is 2.78. The van der Waals surface area contributed by atoms with Gasteiger partial charge in [-0.1, -0.05) is 12.1 Å². The van der Waals surface area contributed by atoms with Gasteiger partial charge < -0.3 is 11.1 Å². The van der Waals surface area contributed by atoms with E-state index in [1.165, 1.54) is 0 Å². The summed E-state index contributed by atoms with van der Waals surface area (Å²) in [6, 6.07) is 9.17. The van der Waals surface area contributed by atoms with Gasteiger partial charge in [-0.25, -0.2) is 0 Å². The van der Waals surface area contributed by atoms with E-state index in [0.717, 1.165) is 17.0 Å². The second kappa shape index (κ2) is 6.06. The summed E-state index contributed by atoms with van der Waals surface area (Å²) in [6.07, 6.45) is 1.61. The number of aryl methyl sites for hydroxylation is 1. The zero-order valence-corrected chi connectivity index (χ0v) is 10.8. The van der Waals surface area contributed by atoms with Crippen LogP contribution in [0.1, 0.15) is 27.4 Å². The molecule has 5 heteroatoms. The highest BCUT2D eigenvalue weighted by atomic mass is 16.1. The van der Waals surface area contributed by atoms with Crippen LogP contribution in [-0.2, 0) is 13.1 Å². The Morgan fingerprint density at radius 2 is 2.16 bits per heavy atom. The molecule has 2 aromatic heterocycles. The van der Waals surface area contributed by atoms with Gasteiger partial charge in [0.25, 0.3) is 5.91 Å². The summed E-state index contributed by atoms with van der Waals surface area (Å²) in [6.45, 7) is 2.72. The van der Waals surface area contributed by atoms with E-state index in [4.69, 9.17) is 5.73 Å². The summed E-state index contributed by atoms with van der Waals surface area (Å²) < 4.78 is 0. The lowest BCUT2D eigenvalue weighted by Gasteiger charge is -2.05. The van der Waals surface area contributed by atoms with Gasteiger partial charge in [0.05, 0.1) is 12.2 Å². The fraction of sp³-hybridized carbons (Fsp3) is 0.214. The predicted octanol–water partition coefficient (Wildman–Crippen LogP) is 1.17. The Morgan fingerprint density at radius 1 is 1.32 bits per heavy atom. The highest BCUT2D eigenvalue weighted by molar-refractivity contribution is 5.92. The van der Waals surface area contributed by atoms with Gasteiger partial charge in [0.2, 0.25) is 0 Å². The van der Waals surface area contributed by atoms with Gasteiger partial charge >= 0.3 is 0 Å². The summed E-state index contributed by atoms with van der Waals surface area (Å²) in [4.78, 5) is 20.3. The third-order valence-corrected chi connectivity index (χ3v) is 2.67. The van der Waals surface area contributed by atoms with E-state index in [9.17, 15) is 4.79 Å². The molecule has 3 N–H and O–H groups in total. The number of nitrogens with two attached hydrogens (primary N) is 1. The third-order valence-electron chi connectivity index (χ3n) is 2.67.